The van der Waals surface area contributed by atoms with E-state index in [4.69, 9.17) is 0 Å². The van der Waals surface area contributed by atoms with E-state index in [1.54, 1.807) is 44.8 Å². The van der Waals surface area contributed by atoms with Crippen LogP contribution in [0.4, 0.5) is 0 Å². The number of amides is 6. The van der Waals surface area contributed by atoms with Gasteiger partial charge in [0.25, 0.3) is 0 Å². The molecule has 18 heteroatoms. The predicted molar refractivity (Wildman–Crippen MR) is 287 cm³/mol. The van der Waals surface area contributed by atoms with E-state index in [-0.39, 0.29) is 65.9 Å². The summed E-state index contributed by atoms with van der Waals surface area (Å²) in [5, 5.41) is 17.0. The highest BCUT2D eigenvalue weighted by Gasteiger charge is 2.40. The molecule has 2 aliphatic heterocycles. The molecule has 6 amide bonds. The second-order valence-electron chi connectivity index (χ2n) is 21.9. The molecule has 2 aliphatic rings. The quantitative estimate of drug-likeness (QED) is 0.0529. The first-order valence-corrected chi connectivity index (χ1v) is 27.3. The van der Waals surface area contributed by atoms with Crippen LogP contribution in [0, 0.1) is 23.7 Å². The molecule has 6 N–H and O–H groups in total. The Morgan fingerprint density at radius 2 is 1.03 bits per heavy atom. The molecule has 2 heterocycles. The first-order chi connectivity index (χ1) is 33.8. The molecule has 0 spiro atoms. The predicted octanol–water partition coefficient (Wildman–Crippen LogP) is 3.90. The summed E-state index contributed by atoms with van der Waals surface area (Å²) >= 11 is 0. The summed E-state index contributed by atoms with van der Waals surface area (Å²) < 4.78 is 0. The molecule has 2 fully saturated rings. The fourth-order valence-electron chi connectivity index (χ4n) is 9.39. The molecule has 8 atom stereocenters. The molecule has 0 aromatic carbocycles. The van der Waals surface area contributed by atoms with Gasteiger partial charge in [-0.05, 0) is 158 Å². The van der Waals surface area contributed by atoms with Gasteiger partial charge in [-0.3, -0.25) is 38.4 Å². The first kappa shape index (κ1) is 66.0. The number of carbonyl (C=O) groups excluding carboxylic acids is 8. The Labute approximate surface area is 435 Å². The zero-order valence-electron chi connectivity index (χ0n) is 47.7. The number of carbonyl (C=O) groups is 8. The minimum absolute atomic E-state index is 0.0616. The largest absolute Gasteiger partial charge is 0.359 e. The fourth-order valence-corrected chi connectivity index (χ4v) is 9.39. The van der Waals surface area contributed by atoms with Crippen molar-refractivity contribution in [1.82, 2.24) is 51.5 Å². The molecule has 0 saturated carbocycles. The van der Waals surface area contributed by atoms with E-state index in [9.17, 15) is 38.4 Å². The standard InChI is InChI=1S/C28H52N4O4.C26H50N6O4/c1-19(2)16-23(29-6)25(33)18-22(12-9-10-14-31(8)20(3)4)28(36)32-15-11-13-24(32)26(34)17-21(5)27(35)30-7;1-17(2)16-21(27-6)24(34)30-20(12-9-10-14-31(8)18(3)4)26(36)32-15-11-13-22(32)25(35)29-19(5)23(33)28-7/h19-24,29H,9-18H2,1-8H3,(H,30,35);17-22,27H,9-16H2,1-8H3,(H,28,33)(H,29,35)(H,30,34)/t21-,22+,23-,24-;19-,20+,21+,22+/m01/s1. The van der Waals surface area contributed by atoms with Crippen LogP contribution in [-0.4, -0.2) is 183 Å². The third-order valence-corrected chi connectivity index (χ3v) is 14.5. The van der Waals surface area contributed by atoms with Gasteiger partial charge in [-0.25, -0.2) is 0 Å². The molecule has 0 radical (unpaired) electrons. The van der Waals surface area contributed by atoms with Gasteiger partial charge in [0.1, 0.15) is 18.1 Å². The number of likely N-dealkylation sites (N-methyl/N-ethyl adjacent to an activating group) is 3. The van der Waals surface area contributed by atoms with Crippen LogP contribution in [0.25, 0.3) is 0 Å². The van der Waals surface area contributed by atoms with Crippen molar-refractivity contribution in [3.8, 4) is 0 Å². The van der Waals surface area contributed by atoms with Crippen LogP contribution in [0.15, 0.2) is 0 Å². The third kappa shape index (κ3) is 23.0. The molecule has 0 aliphatic carbocycles. The van der Waals surface area contributed by atoms with Crippen LogP contribution in [0.1, 0.15) is 159 Å². The van der Waals surface area contributed by atoms with Gasteiger partial charge in [0.05, 0.1) is 18.1 Å². The second-order valence-corrected chi connectivity index (χ2v) is 21.9. The second kappa shape index (κ2) is 34.5. The van der Waals surface area contributed by atoms with Crippen LogP contribution in [0.5, 0.6) is 0 Å². The van der Waals surface area contributed by atoms with E-state index in [0.717, 1.165) is 51.6 Å². The number of rotatable bonds is 32. The summed E-state index contributed by atoms with van der Waals surface area (Å²) in [7, 11) is 10.8. The lowest BCUT2D eigenvalue weighted by Crippen LogP contribution is -2.57. The van der Waals surface area contributed by atoms with Crippen molar-refractivity contribution in [2.75, 3.05) is 68.5 Å². The number of hydrogen-bond acceptors (Lipinski definition) is 12. The van der Waals surface area contributed by atoms with E-state index in [1.807, 2.05) is 0 Å². The minimum atomic E-state index is -0.699. The topological polar surface area (TPSA) is 222 Å². The van der Waals surface area contributed by atoms with Gasteiger partial charge in [-0.1, -0.05) is 41.0 Å². The van der Waals surface area contributed by atoms with E-state index in [1.165, 1.54) is 7.05 Å². The molecular weight excluding hydrogens is 917 g/mol. The zero-order valence-corrected chi connectivity index (χ0v) is 47.7. The van der Waals surface area contributed by atoms with Crippen molar-refractivity contribution in [2.24, 2.45) is 23.7 Å². The lowest BCUT2D eigenvalue weighted by Gasteiger charge is -2.30. The van der Waals surface area contributed by atoms with Crippen molar-refractivity contribution in [3.63, 3.8) is 0 Å². The highest BCUT2D eigenvalue weighted by Crippen LogP contribution is 2.27. The third-order valence-electron chi connectivity index (χ3n) is 14.5. The first-order valence-electron chi connectivity index (χ1n) is 27.3. The van der Waals surface area contributed by atoms with Crippen molar-refractivity contribution in [3.05, 3.63) is 0 Å². The number of ketones is 2. The summed E-state index contributed by atoms with van der Waals surface area (Å²) in [5.74, 6) is -1.46. The molecule has 18 nitrogen and oxygen atoms in total. The van der Waals surface area contributed by atoms with Crippen LogP contribution < -0.4 is 31.9 Å². The molecule has 0 aromatic rings. The Kier molecular flexibility index (Phi) is 31.6. The molecule has 2 saturated heterocycles. The number of likely N-dealkylation sites (tertiary alicyclic amines) is 2. The molecule has 0 bridgehead atoms. The van der Waals surface area contributed by atoms with Crippen molar-refractivity contribution < 1.29 is 38.4 Å². The maximum atomic E-state index is 13.8. The Hall–Kier alpha value is -4.00. The van der Waals surface area contributed by atoms with Crippen LogP contribution >= 0.6 is 0 Å². The van der Waals surface area contributed by atoms with Crippen molar-refractivity contribution >= 4 is 47.0 Å². The molecular formula is C54H102N10O8. The smallest absolute Gasteiger partial charge is 0.245 e. The van der Waals surface area contributed by atoms with Crippen LogP contribution in [-0.2, 0) is 38.4 Å². The number of nitrogens with zero attached hydrogens (tertiary/aromatic N) is 4. The SMILES string of the molecule is CNC(=O)[C@@H](C)CC(=O)[C@@H]1CCCN1C(=O)[C@H](CCCCN(C)C(C)C)CC(=O)[C@H](CC(C)C)NC.CNC(=O)[C@@H](C)NC(=O)[C@@H]1CCCN1C(=O)[C@H](CCCCN(C)C(C)C)NC(=O)[C@H](CC(C)C)NC. The highest BCUT2D eigenvalue weighted by molar-refractivity contribution is 5.96. The maximum Gasteiger partial charge on any atom is 0.245 e. The van der Waals surface area contributed by atoms with Crippen molar-refractivity contribution in [1.29, 1.82) is 0 Å². The van der Waals surface area contributed by atoms with Gasteiger partial charge in [0, 0.05) is 63.9 Å². The average Bonchev–Trinajstić information content (AvgIpc) is 4.04. The van der Waals surface area contributed by atoms with Gasteiger partial charge in [0.2, 0.25) is 35.4 Å². The van der Waals surface area contributed by atoms with E-state index < -0.39 is 42.0 Å². The van der Waals surface area contributed by atoms with E-state index >= 15 is 0 Å². The Balaban J connectivity index is 0.000000720. The Morgan fingerprint density at radius 3 is 1.51 bits per heavy atom. The number of hydrogen-bond donors (Lipinski definition) is 6. The number of nitrogens with one attached hydrogen (secondary N) is 6. The lowest BCUT2D eigenvalue weighted by molar-refractivity contribution is -0.143. The molecule has 0 aromatic heterocycles. The number of Topliss-reactive ketones (excluding diaryl/α,β-unsaturated/α-hetero) is 2. The van der Waals surface area contributed by atoms with E-state index in [2.05, 4.69) is 111 Å². The van der Waals surface area contributed by atoms with Crippen molar-refractivity contribution in [2.45, 2.75) is 207 Å². The Morgan fingerprint density at radius 1 is 0.542 bits per heavy atom. The highest BCUT2D eigenvalue weighted by atomic mass is 16.2. The fraction of sp³-hybridized carbons (Fsp3) is 0.852. The zero-order chi connectivity index (χ0) is 54.8. The Bertz CT molecular complexity index is 1570. The summed E-state index contributed by atoms with van der Waals surface area (Å²) in [6.07, 6.45) is 8.98. The minimum Gasteiger partial charge on any atom is -0.359 e. The maximum absolute atomic E-state index is 13.8. The van der Waals surface area contributed by atoms with Gasteiger partial charge < -0.3 is 51.5 Å². The summed E-state index contributed by atoms with van der Waals surface area (Å²) in [4.78, 5) is 111. The monoisotopic (exact) mass is 1020 g/mol. The van der Waals surface area contributed by atoms with Gasteiger partial charge in [-0.15, -0.1) is 0 Å². The average molecular weight is 1020 g/mol. The van der Waals surface area contributed by atoms with Crippen LogP contribution in [0.2, 0.25) is 0 Å². The van der Waals surface area contributed by atoms with Gasteiger partial charge in [-0.2, -0.15) is 0 Å². The summed E-state index contributed by atoms with van der Waals surface area (Å²) in [6.45, 7) is 23.1. The molecule has 416 valence electrons. The van der Waals surface area contributed by atoms with Crippen LogP contribution in [0.3, 0.4) is 0 Å². The van der Waals surface area contributed by atoms with E-state index in [0.29, 0.717) is 75.5 Å². The van der Waals surface area contributed by atoms with Gasteiger partial charge >= 0.3 is 0 Å². The van der Waals surface area contributed by atoms with Gasteiger partial charge in [0.15, 0.2) is 11.6 Å². The summed E-state index contributed by atoms with van der Waals surface area (Å²) in [6, 6.07) is -2.29. The lowest BCUT2D eigenvalue weighted by atomic mass is 9.89. The normalized spacial score (nSPS) is 18.4. The summed E-state index contributed by atoms with van der Waals surface area (Å²) in [5.41, 5.74) is 0. The molecule has 0 unspecified atom stereocenters. The number of unbranched alkanes of at least 4 members (excludes halogenated alkanes) is 2. The molecule has 72 heavy (non-hydrogen) atoms. The molecule has 2 rings (SSSR count).